The molecule has 2 heterocycles. The van der Waals surface area contributed by atoms with Crippen LogP contribution in [-0.2, 0) is 16.1 Å². The maximum absolute atomic E-state index is 12.3. The van der Waals surface area contributed by atoms with E-state index in [9.17, 15) is 24.6 Å². The van der Waals surface area contributed by atoms with E-state index in [1.807, 2.05) is 4.90 Å². The molecule has 0 saturated carbocycles. The van der Waals surface area contributed by atoms with Crippen LogP contribution in [0.4, 0.5) is 17.5 Å². The van der Waals surface area contributed by atoms with Crippen molar-refractivity contribution in [2.75, 3.05) is 23.4 Å². The van der Waals surface area contributed by atoms with Gasteiger partial charge in [0, 0.05) is 24.3 Å². The average Bonchev–Trinajstić information content (AvgIpc) is 2.76. The first-order valence-corrected chi connectivity index (χ1v) is 9.71. The van der Waals surface area contributed by atoms with Gasteiger partial charge in [-0.05, 0) is 37.1 Å². The average molecular weight is 500 g/mol. The Morgan fingerprint density at radius 1 is 1.09 bits per heavy atom. The van der Waals surface area contributed by atoms with E-state index in [0.717, 1.165) is 5.69 Å². The van der Waals surface area contributed by atoms with Gasteiger partial charge in [-0.2, -0.15) is 9.97 Å². The van der Waals surface area contributed by atoms with E-state index in [2.05, 4.69) is 25.3 Å². The van der Waals surface area contributed by atoms with Gasteiger partial charge in [-0.15, -0.1) is 0 Å². The van der Waals surface area contributed by atoms with E-state index in [1.165, 1.54) is 12.1 Å². The fourth-order valence-corrected chi connectivity index (χ4v) is 3.01. The van der Waals surface area contributed by atoms with E-state index in [1.54, 1.807) is 25.4 Å². The molecular weight excluding hydrogens is 478 g/mol. The van der Waals surface area contributed by atoms with Gasteiger partial charge in [0.15, 0.2) is 17.0 Å². The number of amides is 1. The number of aromatic nitrogens is 4. The largest absolute Gasteiger partial charge is 1.00 e. The third-order valence-electron chi connectivity index (χ3n) is 4.70. The molecule has 1 aromatic carbocycles. The number of anilines is 3. The van der Waals surface area contributed by atoms with E-state index in [0.29, 0.717) is 17.8 Å². The van der Waals surface area contributed by atoms with Crippen LogP contribution < -0.4 is 91.0 Å². The van der Waals surface area contributed by atoms with E-state index < -0.39 is 30.3 Å². The van der Waals surface area contributed by atoms with Crippen LogP contribution in [0, 0.1) is 0 Å². The summed E-state index contributed by atoms with van der Waals surface area (Å²) in [5, 5.41) is 23.9. The number of carbonyl (C=O) groups excluding carboxylic acids is 3. The molecule has 2 aromatic heterocycles. The number of fused-ring (bicyclic) bond motifs is 1. The molecule has 3 aromatic rings. The van der Waals surface area contributed by atoms with Crippen LogP contribution in [0.2, 0.25) is 0 Å². The second-order valence-corrected chi connectivity index (χ2v) is 7.16. The molecule has 35 heavy (non-hydrogen) atoms. The van der Waals surface area contributed by atoms with Gasteiger partial charge < -0.3 is 44.3 Å². The smallest absolute Gasteiger partial charge is 1.00 e. The van der Waals surface area contributed by atoms with Crippen LogP contribution in [0.5, 0.6) is 0 Å². The van der Waals surface area contributed by atoms with Gasteiger partial charge in [0.1, 0.15) is 0 Å². The molecule has 0 unspecified atom stereocenters. The third kappa shape index (κ3) is 8.26. The standard InChI is InChI=1S/C20H22N8O5.2Na.2H/c1-28(9-11-8-23-17-15(24-11)16(21)26-20(22)27-17)12-4-2-10(3-5-12)18(31)25-13(19(32)33)6-7-14(29)30;;;;/h2-5,8,13H,6-7,9H2,1H3,(H,25,31)(H,29,30)(H,32,33)(H4,21,22,23,26,27);;;;/q;2*+1;2*-1/p-2/t13-;;;;/m0..../s1. The monoisotopic (exact) mass is 500 g/mol. The van der Waals surface area contributed by atoms with E-state index in [-0.39, 0.29) is 91.4 Å². The number of carboxylic acid groups (broad SMARTS) is 2. The number of nitrogens with zero attached hydrogens (tertiary/aromatic N) is 5. The number of hydrogen-bond acceptors (Lipinski definition) is 12. The minimum Gasteiger partial charge on any atom is -1.00 e. The Kier molecular flexibility index (Phi) is 11.8. The Bertz CT molecular complexity index is 1220. The Morgan fingerprint density at radius 3 is 2.34 bits per heavy atom. The molecule has 15 heteroatoms. The van der Waals surface area contributed by atoms with Crippen LogP contribution in [-0.4, -0.2) is 50.9 Å². The molecule has 0 fully saturated rings. The first-order valence-electron chi connectivity index (χ1n) is 9.71. The molecule has 1 amide bonds. The zero-order chi connectivity index (χ0) is 24.1. The number of nitrogens with one attached hydrogen (secondary N) is 1. The molecule has 5 N–H and O–H groups in total. The van der Waals surface area contributed by atoms with Gasteiger partial charge in [-0.3, -0.25) is 4.79 Å². The van der Waals surface area contributed by atoms with Crippen LogP contribution >= 0.6 is 0 Å². The molecule has 0 bridgehead atoms. The maximum atomic E-state index is 12.3. The topological polar surface area (TPSA) is 216 Å². The maximum Gasteiger partial charge on any atom is 1.00 e. The molecule has 176 valence electrons. The van der Waals surface area contributed by atoms with Crippen LogP contribution in [0.25, 0.3) is 11.2 Å². The van der Waals surface area contributed by atoms with Crippen molar-refractivity contribution in [1.29, 1.82) is 0 Å². The number of carboxylic acids is 2. The normalized spacial score (nSPS) is 11.0. The number of nitrogen functional groups attached to an aromatic ring is 2. The molecule has 0 aliphatic heterocycles. The molecule has 1 atom stereocenters. The summed E-state index contributed by atoms with van der Waals surface area (Å²) in [5.41, 5.74) is 13.6. The van der Waals surface area contributed by atoms with Gasteiger partial charge in [0.05, 0.1) is 30.4 Å². The van der Waals surface area contributed by atoms with Crippen LogP contribution in [0.15, 0.2) is 30.5 Å². The molecule has 0 spiro atoms. The van der Waals surface area contributed by atoms with Crippen molar-refractivity contribution >= 4 is 46.5 Å². The quantitative estimate of drug-likeness (QED) is 0.233. The molecule has 0 aliphatic rings. The summed E-state index contributed by atoms with van der Waals surface area (Å²) >= 11 is 0. The zero-order valence-corrected chi connectivity index (χ0v) is 23.5. The van der Waals surface area contributed by atoms with Crippen molar-refractivity contribution in [3.63, 3.8) is 0 Å². The van der Waals surface area contributed by atoms with E-state index >= 15 is 0 Å². The van der Waals surface area contributed by atoms with Crippen LogP contribution in [0.3, 0.4) is 0 Å². The van der Waals surface area contributed by atoms with Gasteiger partial charge >= 0.3 is 59.1 Å². The summed E-state index contributed by atoms with van der Waals surface area (Å²) in [6.45, 7) is 0.355. The van der Waals surface area contributed by atoms with Gasteiger partial charge in [-0.25, -0.2) is 9.97 Å². The fraction of sp³-hybridized carbons (Fsp3) is 0.250. The molecule has 0 radical (unpaired) electrons. The summed E-state index contributed by atoms with van der Waals surface area (Å²) in [6.07, 6.45) is 0.677. The molecule has 0 saturated heterocycles. The fourth-order valence-electron chi connectivity index (χ4n) is 3.01. The van der Waals surface area contributed by atoms with Gasteiger partial charge in [-0.1, -0.05) is 0 Å². The second-order valence-electron chi connectivity index (χ2n) is 7.16. The number of nitrogens with two attached hydrogens (primary N) is 2. The summed E-state index contributed by atoms with van der Waals surface area (Å²) < 4.78 is 0. The number of rotatable bonds is 9. The Labute approximate surface area is 247 Å². The molecule has 13 nitrogen and oxygen atoms in total. The minimum absolute atomic E-state index is 0. The first kappa shape index (κ1) is 30.5. The van der Waals surface area contributed by atoms with Crippen molar-refractivity contribution in [1.82, 2.24) is 25.3 Å². The predicted molar refractivity (Wildman–Crippen MR) is 115 cm³/mol. The number of aliphatic carboxylic acids is 2. The van der Waals surface area contributed by atoms with Crippen molar-refractivity contribution in [3.8, 4) is 0 Å². The predicted octanol–water partition coefficient (Wildman–Crippen LogP) is -8.17. The third-order valence-corrected chi connectivity index (χ3v) is 4.70. The molecule has 0 aliphatic carbocycles. The minimum atomic E-state index is -1.58. The first-order chi connectivity index (χ1) is 15.6. The summed E-state index contributed by atoms with van der Waals surface area (Å²) in [7, 11) is 1.80. The molecular formula is C20H22N8Na2O5-2. The second kappa shape index (κ2) is 13.5. The van der Waals surface area contributed by atoms with Gasteiger partial charge in [0.25, 0.3) is 5.91 Å². The van der Waals surface area contributed by atoms with Crippen molar-refractivity contribution in [2.45, 2.75) is 25.4 Å². The SMILES string of the molecule is CN(Cc1cnc2nc(N)nc(N)c2n1)c1ccc(C(=O)N[C@@H](CCC(=O)[O-])C(=O)[O-])cc1.[H-].[H-].[Na+].[Na+]. The van der Waals surface area contributed by atoms with Crippen molar-refractivity contribution in [2.24, 2.45) is 0 Å². The van der Waals surface area contributed by atoms with E-state index in [4.69, 9.17) is 11.5 Å². The summed E-state index contributed by atoms with van der Waals surface area (Å²) in [5.74, 6) is -3.54. The Hall–Kier alpha value is -2.55. The number of hydrogen-bond donors (Lipinski definition) is 3. The van der Waals surface area contributed by atoms with Crippen molar-refractivity contribution in [3.05, 3.63) is 41.7 Å². The number of benzene rings is 1. The Balaban J connectivity index is 0. The zero-order valence-electron chi connectivity index (χ0n) is 21.5. The Morgan fingerprint density at radius 2 is 1.74 bits per heavy atom. The summed E-state index contributed by atoms with van der Waals surface area (Å²) in [6, 6.07) is 4.89. The van der Waals surface area contributed by atoms with Crippen LogP contribution in [0.1, 0.15) is 31.7 Å². The van der Waals surface area contributed by atoms with Crippen molar-refractivity contribution < 1.29 is 86.6 Å². The van der Waals surface area contributed by atoms with Gasteiger partial charge in [0.2, 0.25) is 5.95 Å². The number of carbonyl (C=O) groups is 3. The molecule has 3 rings (SSSR count). The summed E-state index contributed by atoms with van der Waals surface area (Å²) in [4.78, 5) is 52.3.